The van der Waals surface area contributed by atoms with Crippen molar-refractivity contribution in [1.82, 2.24) is 0 Å². The highest BCUT2D eigenvalue weighted by Gasteiger charge is 2.25. The first-order valence-electron chi connectivity index (χ1n) is 8.83. The Labute approximate surface area is 176 Å². The minimum absolute atomic E-state index is 0.145. The fourth-order valence-corrected chi connectivity index (χ4v) is 3.40. The van der Waals surface area contributed by atoms with Gasteiger partial charge in [-0.3, -0.25) is 0 Å². The second kappa shape index (κ2) is 9.58. The van der Waals surface area contributed by atoms with Gasteiger partial charge in [0, 0.05) is 0 Å². The third-order valence-electron chi connectivity index (χ3n) is 3.63. The largest absolute Gasteiger partial charge is 0.490 e. The van der Waals surface area contributed by atoms with E-state index in [0.29, 0.717) is 17.9 Å². The van der Waals surface area contributed by atoms with Crippen molar-refractivity contribution in [3.8, 4) is 11.5 Å². The van der Waals surface area contributed by atoms with E-state index in [9.17, 15) is 9.59 Å². The second-order valence-corrected chi connectivity index (χ2v) is 7.02. The molecule has 2 heterocycles. The van der Waals surface area contributed by atoms with Gasteiger partial charge in [-0.05, 0) is 49.1 Å². The molecule has 1 aromatic carbocycles. The molecule has 0 spiro atoms. The van der Waals surface area contributed by atoms with Gasteiger partial charge in [0.15, 0.2) is 23.8 Å². The molecule has 1 aliphatic rings. The first-order chi connectivity index (χ1) is 14.0. The maximum absolute atomic E-state index is 12.1. The highest BCUT2D eigenvalue weighted by molar-refractivity contribution is 7.12. The number of rotatable bonds is 8. The second-order valence-electron chi connectivity index (χ2n) is 5.67. The highest BCUT2D eigenvalue weighted by Crippen LogP contribution is 2.37. The van der Waals surface area contributed by atoms with Gasteiger partial charge in [0.25, 0.3) is 0 Å². The summed E-state index contributed by atoms with van der Waals surface area (Å²) < 4.78 is 21.1. The minimum atomic E-state index is -0.551. The zero-order valence-electron chi connectivity index (χ0n) is 15.8. The number of hydrogen-bond acceptors (Lipinski definition) is 8. The van der Waals surface area contributed by atoms with E-state index in [0.717, 1.165) is 4.88 Å². The van der Waals surface area contributed by atoms with E-state index in [4.69, 9.17) is 30.5 Å². The summed E-state index contributed by atoms with van der Waals surface area (Å²) in [5.74, 6) is -0.237. The number of benzene rings is 1. The third kappa shape index (κ3) is 5.16. The lowest BCUT2D eigenvalue weighted by molar-refractivity contribution is -0.145. The smallest absolute Gasteiger partial charge is 0.363 e. The topological polar surface area (TPSA) is 83.4 Å². The number of thiophene rings is 1. The van der Waals surface area contributed by atoms with Crippen LogP contribution in [0.1, 0.15) is 24.3 Å². The molecule has 1 aromatic heterocycles. The quantitative estimate of drug-likeness (QED) is 0.458. The summed E-state index contributed by atoms with van der Waals surface area (Å²) in [6.45, 7) is 3.83. The van der Waals surface area contributed by atoms with Crippen molar-refractivity contribution in [3.63, 3.8) is 0 Å². The van der Waals surface area contributed by atoms with Gasteiger partial charge in [0.05, 0.1) is 23.1 Å². The first kappa shape index (κ1) is 20.9. The normalized spacial score (nSPS) is 14.5. The van der Waals surface area contributed by atoms with Gasteiger partial charge in [-0.2, -0.15) is 0 Å². The maximum Gasteiger partial charge on any atom is 0.363 e. The average molecular weight is 436 g/mol. The van der Waals surface area contributed by atoms with E-state index in [2.05, 4.69) is 4.99 Å². The predicted octanol–water partition coefficient (Wildman–Crippen LogP) is 4.09. The number of cyclic esters (lactones) is 1. The summed E-state index contributed by atoms with van der Waals surface area (Å²) in [6.07, 6.45) is 1.55. The number of halogens is 1. The standard InChI is InChI=1S/C20H18ClNO6S/c1-3-25-15-10-12(8-13(21)18(15)27-11-17(23)26-4-2)9-14-20(24)28-19(22-14)16-6-5-7-29-16/h5-10H,3-4,11H2,1-2H3. The molecule has 29 heavy (non-hydrogen) atoms. The van der Waals surface area contributed by atoms with Crippen LogP contribution >= 0.6 is 22.9 Å². The molecule has 0 bridgehead atoms. The van der Waals surface area contributed by atoms with E-state index >= 15 is 0 Å². The molecule has 0 radical (unpaired) electrons. The summed E-state index contributed by atoms with van der Waals surface area (Å²) in [6, 6.07) is 6.90. The average Bonchev–Trinajstić information content (AvgIpc) is 3.32. The van der Waals surface area contributed by atoms with E-state index in [1.165, 1.54) is 11.3 Å². The Kier molecular flexibility index (Phi) is 6.90. The summed E-state index contributed by atoms with van der Waals surface area (Å²) in [5.41, 5.74) is 0.720. The molecule has 1 aliphatic heterocycles. The summed E-state index contributed by atoms with van der Waals surface area (Å²) in [5, 5.41) is 2.09. The zero-order chi connectivity index (χ0) is 20.8. The number of hydrogen-bond donors (Lipinski definition) is 0. The van der Waals surface area contributed by atoms with E-state index in [-0.39, 0.29) is 35.6 Å². The molecule has 0 saturated heterocycles. The Morgan fingerprint density at radius 1 is 1.28 bits per heavy atom. The summed E-state index contributed by atoms with van der Waals surface area (Å²) >= 11 is 7.75. The van der Waals surface area contributed by atoms with Gasteiger partial charge in [-0.25, -0.2) is 14.6 Å². The zero-order valence-corrected chi connectivity index (χ0v) is 17.3. The Morgan fingerprint density at radius 3 is 2.79 bits per heavy atom. The summed E-state index contributed by atoms with van der Waals surface area (Å²) in [4.78, 5) is 28.7. The molecular formula is C20H18ClNO6S. The number of aliphatic imine (C=N–C) groups is 1. The van der Waals surface area contributed by atoms with Crippen molar-refractivity contribution in [2.24, 2.45) is 4.99 Å². The van der Waals surface area contributed by atoms with Gasteiger partial charge in [-0.1, -0.05) is 17.7 Å². The maximum atomic E-state index is 12.1. The van der Waals surface area contributed by atoms with E-state index in [1.807, 2.05) is 17.5 Å². The van der Waals surface area contributed by atoms with Crippen LogP contribution < -0.4 is 9.47 Å². The molecule has 152 valence electrons. The van der Waals surface area contributed by atoms with Gasteiger partial charge >= 0.3 is 11.9 Å². The van der Waals surface area contributed by atoms with Crippen molar-refractivity contribution in [3.05, 3.63) is 50.8 Å². The van der Waals surface area contributed by atoms with E-state index < -0.39 is 11.9 Å². The molecule has 7 nitrogen and oxygen atoms in total. The SMILES string of the molecule is CCOC(=O)COc1c(Cl)cc(C=C2N=C(c3cccs3)OC2=O)cc1OCC. The molecular weight excluding hydrogens is 418 g/mol. The molecule has 0 atom stereocenters. The minimum Gasteiger partial charge on any atom is -0.490 e. The summed E-state index contributed by atoms with van der Waals surface area (Å²) in [7, 11) is 0. The Hall–Kier alpha value is -2.84. The van der Waals surface area contributed by atoms with Crippen LogP contribution in [0, 0.1) is 0 Å². The first-order valence-corrected chi connectivity index (χ1v) is 10.1. The van der Waals surface area contributed by atoms with Crippen molar-refractivity contribution < 1.29 is 28.5 Å². The van der Waals surface area contributed by atoms with Gasteiger partial charge < -0.3 is 18.9 Å². The van der Waals surface area contributed by atoms with Crippen LogP contribution in [-0.2, 0) is 19.1 Å². The molecule has 0 unspecified atom stereocenters. The molecule has 0 amide bonds. The number of carbonyl (C=O) groups excluding carboxylic acids is 2. The van der Waals surface area contributed by atoms with Crippen molar-refractivity contribution in [1.29, 1.82) is 0 Å². The fourth-order valence-electron chi connectivity index (χ4n) is 2.48. The highest BCUT2D eigenvalue weighted by atomic mass is 35.5. The number of carbonyl (C=O) groups is 2. The van der Waals surface area contributed by atoms with Crippen LogP contribution in [0.3, 0.4) is 0 Å². The van der Waals surface area contributed by atoms with E-state index in [1.54, 1.807) is 32.1 Å². The van der Waals surface area contributed by atoms with Crippen LogP contribution in [0.15, 0.2) is 40.3 Å². The van der Waals surface area contributed by atoms with Crippen molar-refractivity contribution in [2.45, 2.75) is 13.8 Å². The Bertz CT molecular complexity index is 968. The van der Waals surface area contributed by atoms with Gasteiger partial charge in [0.1, 0.15) is 0 Å². The Balaban J connectivity index is 1.87. The monoisotopic (exact) mass is 435 g/mol. The van der Waals surface area contributed by atoms with Gasteiger partial charge in [0.2, 0.25) is 5.90 Å². The van der Waals surface area contributed by atoms with Crippen molar-refractivity contribution in [2.75, 3.05) is 19.8 Å². The number of esters is 2. The molecule has 3 rings (SSSR count). The molecule has 0 N–H and O–H groups in total. The van der Waals surface area contributed by atoms with Gasteiger partial charge in [-0.15, -0.1) is 11.3 Å². The van der Waals surface area contributed by atoms with Crippen LogP contribution in [0.5, 0.6) is 11.5 Å². The lowest BCUT2D eigenvalue weighted by Crippen LogP contribution is -2.15. The van der Waals surface area contributed by atoms with Crippen LogP contribution in [0.4, 0.5) is 0 Å². The third-order valence-corrected chi connectivity index (χ3v) is 4.77. The lowest BCUT2D eigenvalue weighted by atomic mass is 10.1. The lowest BCUT2D eigenvalue weighted by Gasteiger charge is -2.14. The van der Waals surface area contributed by atoms with Crippen LogP contribution in [0.2, 0.25) is 5.02 Å². The molecule has 9 heteroatoms. The fraction of sp³-hybridized carbons (Fsp3) is 0.250. The Morgan fingerprint density at radius 2 is 2.10 bits per heavy atom. The molecule has 0 fully saturated rings. The van der Waals surface area contributed by atoms with Crippen molar-refractivity contribution >= 4 is 46.9 Å². The molecule has 0 saturated carbocycles. The molecule has 2 aromatic rings. The predicted molar refractivity (Wildman–Crippen MR) is 110 cm³/mol. The number of nitrogens with zero attached hydrogens (tertiary/aromatic N) is 1. The number of ether oxygens (including phenoxy) is 4. The van der Waals surface area contributed by atoms with Crippen LogP contribution in [0.25, 0.3) is 6.08 Å². The van der Waals surface area contributed by atoms with Crippen LogP contribution in [-0.4, -0.2) is 37.7 Å². The molecule has 0 aliphatic carbocycles.